The van der Waals surface area contributed by atoms with Gasteiger partial charge in [-0.1, -0.05) is 6.92 Å². The third-order valence-corrected chi connectivity index (χ3v) is 4.76. The number of aryl methyl sites for hydroxylation is 1. The first-order valence-electron chi connectivity index (χ1n) is 7.28. The van der Waals surface area contributed by atoms with Crippen molar-refractivity contribution < 1.29 is 8.42 Å². The quantitative estimate of drug-likeness (QED) is 0.633. The number of hydrogen-bond acceptors (Lipinski definition) is 4. The lowest BCUT2D eigenvalue weighted by molar-refractivity contribution is 0.444. The molecule has 0 atom stereocenters. The molecule has 1 aromatic rings. The third kappa shape index (κ3) is 6.52. The van der Waals surface area contributed by atoms with Gasteiger partial charge >= 0.3 is 0 Å². The fourth-order valence-electron chi connectivity index (χ4n) is 1.83. The Labute approximate surface area is 128 Å². The maximum Gasteiger partial charge on any atom is 0.279 e. The van der Waals surface area contributed by atoms with E-state index in [9.17, 15) is 8.42 Å². The molecular weight excluding hydrogens is 288 g/mol. The molecular formula is C14H26N4O2S. The third-order valence-electron chi connectivity index (χ3n) is 3.25. The SMILES string of the molecule is CCCNCCCN(C)S(=O)(=O)NCc1ccncc1C. The molecule has 0 spiro atoms. The minimum absolute atomic E-state index is 0.287. The second-order valence-electron chi connectivity index (χ2n) is 5.05. The summed E-state index contributed by atoms with van der Waals surface area (Å²) < 4.78 is 28.2. The minimum atomic E-state index is -3.43. The summed E-state index contributed by atoms with van der Waals surface area (Å²) in [6, 6.07) is 1.83. The summed E-state index contributed by atoms with van der Waals surface area (Å²) in [5.41, 5.74) is 1.92. The van der Waals surface area contributed by atoms with E-state index in [0.717, 1.165) is 37.1 Å². The number of nitrogens with one attached hydrogen (secondary N) is 2. The van der Waals surface area contributed by atoms with Crippen LogP contribution in [0.25, 0.3) is 0 Å². The maximum atomic E-state index is 12.1. The Balaban J connectivity index is 2.40. The molecule has 0 saturated heterocycles. The van der Waals surface area contributed by atoms with Crippen molar-refractivity contribution in [3.63, 3.8) is 0 Å². The highest BCUT2D eigenvalue weighted by Gasteiger charge is 2.16. The number of aromatic nitrogens is 1. The first kappa shape index (κ1) is 18.0. The van der Waals surface area contributed by atoms with Gasteiger partial charge in [-0.15, -0.1) is 0 Å². The van der Waals surface area contributed by atoms with Gasteiger partial charge in [-0.2, -0.15) is 17.4 Å². The fourth-order valence-corrected chi connectivity index (χ4v) is 2.76. The second-order valence-corrected chi connectivity index (χ2v) is 6.92. The second kappa shape index (κ2) is 9.09. The van der Waals surface area contributed by atoms with Crippen molar-refractivity contribution in [2.45, 2.75) is 33.2 Å². The molecule has 0 fully saturated rings. The van der Waals surface area contributed by atoms with Gasteiger partial charge in [-0.3, -0.25) is 4.98 Å². The van der Waals surface area contributed by atoms with Gasteiger partial charge in [-0.25, -0.2) is 0 Å². The molecule has 0 aliphatic carbocycles. The van der Waals surface area contributed by atoms with Gasteiger partial charge < -0.3 is 5.32 Å². The van der Waals surface area contributed by atoms with Gasteiger partial charge in [0.1, 0.15) is 0 Å². The van der Waals surface area contributed by atoms with E-state index in [-0.39, 0.29) is 6.54 Å². The number of hydrogen-bond donors (Lipinski definition) is 2. The van der Waals surface area contributed by atoms with E-state index in [1.165, 1.54) is 4.31 Å². The fraction of sp³-hybridized carbons (Fsp3) is 0.643. The van der Waals surface area contributed by atoms with Crippen molar-refractivity contribution >= 4 is 10.2 Å². The Morgan fingerprint density at radius 1 is 1.33 bits per heavy atom. The van der Waals surface area contributed by atoms with E-state index in [1.807, 2.05) is 13.0 Å². The van der Waals surface area contributed by atoms with E-state index in [1.54, 1.807) is 19.4 Å². The first-order chi connectivity index (χ1) is 9.97. The van der Waals surface area contributed by atoms with Crippen molar-refractivity contribution in [1.82, 2.24) is 19.3 Å². The van der Waals surface area contributed by atoms with Crippen LogP contribution >= 0.6 is 0 Å². The summed E-state index contributed by atoms with van der Waals surface area (Å²) in [7, 11) is -1.83. The van der Waals surface area contributed by atoms with Crippen molar-refractivity contribution in [3.8, 4) is 0 Å². The lowest BCUT2D eigenvalue weighted by atomic mass is 10.2. The standard InChI is InChI=1S/C14H26N4O2S/c1-4-7-15-8-5-10-18(3)21(19,20)17-12-14-6-9-16-11-13(14)2/h6,9,11,15,17H,4-5,7-8,10,12H2,1-3H3. The molecule has 0 radical (unpaired) electrons. The van der Waals surface area contributed by atoms with Crippen LogP contribution in [-0.2, 0) is 16.8 Å². The van der Waals surface area contributed by atoms with Crippen LogP contribution in [0.5, 0.6) is 0 Å². The Morgan fingerprint density at radius 3 is 2.76 bits per heavy atom. The number of rotatable bonds is 10. The maximum absolute atomic E-state index is 12.1. The summed E-state index contributed by atoms with van der Waals surface area (Å²) in [6.07, 6.45) is 5.28. The molecule has 0 saturated carbocycles. The van der Waals surface area contributed by atoms with Gasteiger partial charge in [0.05, 0.1) is 0 Å². The molecule has 0 bridgehead atoms. The molecule has 0 amide bonds. The van der Waals surface area contributed by atoms with Gasteiger partial charge in [0.2, 0.25) is 0 Å². The van der Waals surface area contributed by atoms with Gasteiger partial charge in [0.15, 0.2) is 0 Å². The first-order valence-corrected chi connectivity index (χ1v) is 8.72. The highest BCUT2D eigenvalue weighted by atomic mass is 32.2. The lowest BCUT2D eigenvalue weighted by Crippen LogP contribution is -2.39. The van der Waals surface area contributed by atoms with Crippen LogP contribution in [0.2, 0.25) is 0 Å². The molecule has 1 rings (SSSR count). The molecule has 1 heterocycles. The largest absolute Gasteiger partial charge is 0.317 e. The van der Waals surface area contributed by atoms with Crippen LogP contribution in [0, 0.1) is 6.92 Å². The average Bonchev–Trinajstić information content (AvgIpc) is 2.46. The van der Waals surface area contributed by atoms with Gasteiger partial charge in [-0.05, 0) is 50.0 Å². The van der Waals surface area contributed by atoms with Crippen molar-refractivity contribution in [2.24, 2.45) is 0 Å². The average molecular weight is 314 g/mol. The number of pyridine rings is 1. The van der Waals surface area contributed by atoms with Gasteiger partial charge in [0.25, 0.3) is 10.2 Å². The topological polar surface area (TPSA) is 74.3 Å². The highest BCUT2D eigenvalue weighted by molar-refractivity contribution is 7.87. The molecule has 0 aromatic carbocycles. The highest BCUT2D eigenvalue weighted by Crippen LogP contribution is 2.06. The van der Waals surface area contributed by atoms with Crippen LogP contribution in [-0.4, -0.2) is 44.4 Å². The summed E-state index contributed by atoms with van der Waals surface area (Å²) in [4.78, 5) is 3.99. The predicted molar refractivity (Wildman–Crippen MR) is 85.1 cm³/mol. The van der Waals surface area contributed by atoms with Gasteiger partial charge in [0, 0.05) is 32.5 Å². The molecule has 7 heteroatoms. The van der Waals surface area contributed by atoms with Crippen LogP contribution in [0.4, 0.5) is 0 Å². The lowest BCUT2D eigenvalue weighted by Gasteiger charge is -2.18. The molecule has 0 aliphatic rings. The van der Waals surface area contributed by atoms with Crippen molar-refractivity contribution in [2.75, 3.05) is 26.7 Å². The number of nitrogens with zero attached hydrogens (tertiary/aromatic N) is 2. The summed E-state index contributed by atoms with van der Waals surface area (Å²) in [6.45, 7) is 6.61. The molecule has 2 N–H and O–H groups in total. The van der Waals surface area contributed by atoms with E-state index in [0.29, 0.717) is 6.54 Å². The summed E-state index contributed by atoms with van der Waals surface area (Å²) in [5.74, 6) is 0. The molecule has 0 unspecified atom stereocenters. The molecule has 0 aliphatic heterocycles. The zero-order valence-corrected chi connectivity index (χ0v) is 13.9. The molecule has 1 aromatic heterocycles. The molecule has 21 heavy (non-hydrogen) atoms. The Morgan fingerprint density at radius 2 is 2.10 bits per heavy atom. The summed E-state index contributed by atoms with van der Waals surface area (Å²) in [5, 5.41) is 3.26. The van der Waals surface area contributed by atoms with Crippen molar-refractivity contribution in [3.05, 3.63) is 29.6 Å². The van der Waals surface area contributed by atoms with E-state index < -0.39 is 10.2 Å². The smallest absolute Gasteiger partial charge is 0.279 e. The van der Waals surface area contributed by atoms with Crippen LogP contribution < -0.4 is 10.0 Å². The van der Waals surface area contributed by atoms with E-state index in [2.05, 4.69) is 21.9 Å². The van der Waals surface area contributed by atoms with Crippen LogP contribution in [0.3, 0.4) is 0 Å². The Bertz CT molecular complexity index is 519. The Kier molecular flexibility index (Phi) is 7.81. The van der Waals surface area contributed by atoms with Crippen LogP contribution in [0.1, 0.15) is 30.9 Å². The normalized spacial score (nSPS) is 12.0. The molecule has 6 nitrogen and oxygen atoms in total. The van der Waals surface area contributed by atoms with E-state index >= 15 is 0 Å². The van der Waals surface area contributed by atoms with Crippen molar-refractivity contribution in [1.29, 1.82) is 0 Å². The zero-order chi connectivity index (χ0) is 15.7. The van der Waals surface area contributed by atoms with E-state index in [4.69, 9.17) is 0 Å². The Hall–Kier alpha value is -1.02. The minimum Gasteiger partial charge on any atom is -0.317 e. The monoisotopic (exact) mass is 314 g/mol. The summed E-state index contributed by atoms with van der Waals surface area (Å²) >= 11 is 0. The predicted octanol–water partition coefficient (Wildman–Crippen LogP) is 1.05. The van der Waals surface area contributed by atoms with Crippen LogP contribution in [0.15, 0.2) is 18.5 Å². The molecule has 120 valence electrons. The zero-order valence-electron chi connectivity index (χ0n) is 13.1.